The summed E-state index contributed by atoms with van der Waals surface area (Å²) in [7, 11) is 1.42. The van der Waals surface area contributed by atoms with Crippen LogP contribution in [0.25, 0.3) is 22.3 Å². The Hall–Kier alpha value is -2.87. The minimum Gasteiger partial charge on any atom is -0.469 e. The average molecular weight is 316 g/mol. The number of hydrogen-bond donors (Lipinski definition) is 0. The Bertz CT molecular complexity index is 788. The first-order valence-electron chi connectivity index (χ1n) is 8.08. The van der Waals surface area contributed by atoms with Crippen molar-refractivity contribution in [3.8, 4) is 22.3 Å². The Kier molecular flexibility index (Phi) is 5.07. The van der Waals surface area contributed by atoms with E-state index in [-0.39, 0.29) is 5.97 Å². The van der Waals surface area contributed by atoms with Crippen LogP contribution in [0.1, 0.15) is 12.0 Å². The van der Waals surface area contributed by atoms with E-state index in [0.29, 0.717) is 12.8 Å². The van der Waals surface area contributed by atoms with Crippen molar-refractivity contribution in [2.75, 3.05) is 7.11 Å². The quantitative estimate of drug-likeness (QED) is 0.610. The number of carbonyl (C=O) groups excluding carboxylic acids is 1. The fourth-order valence-electron chi connectivity index (χ4n) is 2.70. The molecular weight excluding hydrogens is 296 g/mol. The molecule has 0 bridgehead atoms. The average Bonchev–Trinajstić information content (AvgIpc) is 2.67. The predicted octanol–water partition coefficient (Wildman–Crippen LogP) is 5.13. The fraction of sp³-hybridized carbons (Fsp3) is 0.136. The van der Waals surface area contributed by atoms with Crippen molar-refractivity contribution in [1.82, 2.24) is 0 Å². The molecule has 3 aromatic carbocycles. The molecule has 0 unspecified atom stereocenters. The molecule has 120 valence electrons. The molecule has 0 saturated heterocycles. The number of benzene rings is 3. The van der Waals surface area contributed by atoms with E-state index in [0.717, 1.165) is 5.56 Å². The van der Waals surface area contributed by atoms with Gasteiger partial charge in [-0.15, -0.1) is 0 Å². The fourth-order valence-corrected chi connectivity index (χ4v) is 2.70. The Labute approximate surface area is 142 Å². The predicted molar refractivity (Wildman–Crippen MR) is 97.7 cm³/mol. The van der Waals surface area contributed by atoms with Crippen LogP contribution < -0.4 is 0 Å². The summed E-state index contributed by atoms with van der Waals surface area (Å²) in [5.74, 6) is -0.171. The van der Waals surface area contributed by atoms with E-state index in [1.807, 2.05) is 6.07 Å². The third-order valence-electron chi connectivity index (χ3n) is 4.12. The zero-order valence-corrected chi connectivity index (χ0v) is 13.7. The third kappa shape index (κ3) is 3.90. The van der Waals surface area contributed by atoms with Crippen LogP contribution >= 0.6 is 0 Å². The zero-order valence-electron chi connectivity index (χ0n) is 13.7. The number of ether oxygens (including phenoxy) is 1. The second kappa shape index (κ2) is 7.60. The number of carbonyl (C=O) groups is 1. The van der Waals surface area contributed by atoms with Gasteiger partial charge in [0.25, 0.3) is 0 Å². The maximum atomic E-state index is 11.2. The molecule has 0 atom stereocenters. The van der Waals surface area contributed by atoms with Gasteiger partial charge in [-0.3, -0.25) is 4.79 Å². The van der Waals surface area contributed by atoms with Gasteiger partial charge in [-0.2, -0.15) is 0 Å². The van der Waals surface area contributed by atoms with Crippen molar-refractivity contribution in [3.05, 3.63) is 84.4 Å². The monoisotopic (exact) mass is 316 g/mol. The van der Waals surface area contributed by atoms with Crippen LogP contribution in [-0.2, 0) is 16.0 Å². The minimum atomic E-state index is -0.171. The molecule has 0 radical (unpaired) electrons. The number of aryl methyl sites for hydroxylation is 1. The van der Waals surface area contributed by atoms with Gasteiger partial charge in [0.05, 0.1) is 7.11 Å². The molecule has 0 spiro atoms. The highest BCUT2D eigenvalue weighted by Crippen LogP contribution is 2.25. The zero-order chi connectivity index (χ0) is 16.8. The molecule has 3 aromatic rings. The van der Waals surface area contributed by atoms with Crippen LogP contribution in [0.2, 0.25) is 0 Å². The first-order chi connectivity index (χ1) is 11.8. The first kappa shape index (κ1) is 16.0. The maximum absolute atomic E-state index is 11.2. The van der Waals surface area contributed by atoms with Gasteiger partial charge in [0.15, 0.2) is 0 Å². The van der Waals surface area contributed by atoms with Gasteiger partial charge in [-0.25, -0.2) is 0 Å². The lowest BCUT2D eigenvalue weighted by atomic mass is 9.99. The molecule has 0 heterocycles. The van der Waals surface area contributed by atoms with Gasteiger partial charge in [-0.1, -0.05) is 78.9 Å². The highest BCUT2D eigenvalue weighted by Gasteiger charge is 2.03. The summed E-state index contributed by atoms with van der Waals surface area (Å²) in [6, 6.07) is 27.3. The van der Waals surface area contributed by atoms with E-state index in [9.17, 15) is 4.79 Å². The maximum Gasteiger partial charge on any atom is 0.305 e. The van der Waals surface area contributed by atoms with E-state index < -0.39 is 0 Å². The summed E-state index contributed by atoms with van der Waals surface area (Å²) >= 11 is 0. The Morgan fingerprint density at radius 3 is 1.67 bits per heavy atom. The molecule has 0 aromatic heterocycles. The van der Waals surface area contributed by atoms with Crippen LogP contribution in [0.15, 0.2) is 78.9 Å². The second-order valence-electron chi connectivity index (χ2n) is 5.72. The lowest BCUT2D eigenvalue weighted by molar-refractivity contribution is -0.140. The van der Waals surface area contributed by atoms with Gasteiger partial charge >= 0.3 is 5.97 Å². The number of hydrogen-bond acceptors (Lipinski definition) is 2. The largest absolute Gasteiger partial charge is 0.469 e. The standard InChI is InChI=1S/C22H20O2/c1-24-22(23)16-9-17-7-10-19(11-8-17)21-14-12-20(13-15-21)18-5-3-2-4-6-18/h2-8,10-15H,9,16H2,1H3. The van der Waals surface area contributed by atoms with Crippen molar-refractivity contribution >= 4 is 5.97 Å². The van der Waals surface area contributed by atoms with Crippen LogP contribution in [0.3, 0.4) is 0 Å². The number of esters is 1. The summed E-state index contributed by atoms with van der Waals surface area (Å²) < 4.78 is 4.67. The molecule has 0 aliphatic heterocycles. The molecule has 0 fully saturated rings. The van der Waals surface area contributed by atoms with Crippen LogP contribution in [0.5, 0.6) is 0 Å². The summed E-state index contributed by atoms with van der Waals surface area (Å²) in [5.41, 5.74) is 5.95. The minimum absolute atomic E-state index is 0.171. The van der Waals surface area contributed by atoms with Gasteiger partial charge < -0.3 is 4.74 Å². The van der Waals surface area contributed by atoms with Gasteiger partial charge in [0, 0.05) is 6.42 Å². The van der Waals surface area contributed by atoms with Gasteiger partial charge in [0.2, 0.25) is 0 Å². The van der Waals surface area contributed by atoms with Crippen molar-refractivity contribution in [2.24, 2.45) is 0 Å². The van der Waals surface area contributed by atoms with Crippen LogP contribution in [0, 0.1) is 0 Å². The molecule has 0 aliphatic carbocycles. The molecule has 3 rings (SSSR count). The van der Waals surface area contributed by atoms with Crippen molar-refractivity contribution in [3.63, 3.8) is 0 Å². The van der Waals surface area contributed by atoms with Crippen molar-refractivity contribution < 1.29 is 9.53 Å². The molecular formula is C22H20O2. The number of methoxy groups -OCH3 is 1. The molecule has 0 amide bonds. The van der Waals surface area contributed by atoms with Gasteiger partial charge in [-0.05, 0) is 34.2 Å². The molecule has 0 N–H and O–H groups in total. The van der Waals surface area contributed by atoms with Crippen LogP contribution in [0.4, 0.5) is 0 Å². The highest BCUT2D eigenvalue weighted by molar-refractivity contribution is 5.71. The third-order valence-corrected chi connectivity index (χ3v) is 4.12. The molecule has 0 saturated carbocycles. The van der Waals surface area contributed by atoms with E-state index in [1.165, 1.54) is 29.4 Å². The van der Waals surface area contributed by atoms with Crippen LogP contribution in [-0.4, -0.2) is 13.1 Å². The van der Waals surface area contributed by atoms with E-state index in [2.05, 4.69) is 77.5 Å². The van der Waals surface area contributed by atoms with E-state index >= 15 is 0 Å². The Morgan fingerprint density at radius 1 is 0.708 bits per heavy atom. The summed E-state index contributed by atoms with van der Waals surface area (Å²) in [6.45, 7) is 0. The molecule has 2 nitrogen and oxygen atoms in total. The molecule has 2 heteroatoms. The Morgan fingerprint density at radius 2 is 1.17 bits per heavy atom. The van der Waals surface area contributed by atoms with Crippen molar-refractivity contribution in [1.29, 1.82) is 0 Å². The summed E-state index contributed by atoms with van der Waals surface area (Å²) in [4.78, 5) is 11.2. The van der Waals surface area contributed by atoms with Gasteiger partial charge in [0.1, 0.15) is 0 Å². The second-order valence-corrected chi connectivity index (χ2v) is 5.72. The summed E-state index contributed by atoms with van der Waals surface area (Å²) in [6.07, 6.45) is 1.13. The van der Waals surface area contributed by atoms with E-state index in [1.54, 1.807) is 0 Å². The smallest absolute Gasteiger partial charge is 0.305 e. The lowest BCUT2D eigenvalue weighted by Gasteiger charge is -2.06. The summed E-state index contributed by atoms with van der Waals surface area (Å²) in [5, 5.41) is 0. The topological polar surface area (TPSA) is 26.3 Å². The molecule has 0 aliphatic rings. The Balaban J connectivity index is 1.71. The first-order valence-corrected chi connectivity index (χ1v) is 8.08. The SMILES string of the molecule is COC(=O)CCc1ccc(-c2ccc(-c3ccccc3)cc2)cc1. The lowest BCUT2D eigenvalue weighted by Crippen LogP contribution is -2.01. The van der Waals surface area contributed by atoms with E-state index in [4.69, 9.17) is 0 Å². The number of rotatable bonds is 5. The molecule has 24 heavy (non-hydrogen) atoms. The normalized spacial score (nSPS) is 10.4. The highest BCUT2D eigenvalue weighted by atomic mass is 16.5. The van der Waals surface area contributed by atoms with Crippen molar-refractivity contribution in [2.45, 2.75) is 12.8 Å².